The molecule has 0 bridgehead atoms. The number of rotatable bonds is 3. The van der Waals surface area contributed by atoms with Crippen LogP contribution in [0.2, 0.25) is 0 Å². The van der Waals surface area contributed by atoms with Gasteiger partial charge >= 0.3 is 0 Å². The molecule has 1 aliphatic heterocycles. The van der Waals surface area contributed by atoms with Crippen molar-refractivity contribution < 1.29 is 13.6 Å². The lowest BCUT2D eigenvalue weighted by Gasteiger charge is -2.31. The molecule has 0 spiro atoms. The fourth-order valence-electron chi connectivity index (χ4n) is 2.89. The molecule has 0 fully saturated rings. The molecule has 23 heavy (non-hydrogen) atoms. The SMILES string of the molecule is CC(Nc1ccc(F)c(F)c1)C(=O)N1CCCc2ccccc21. The van der Waals surface area contributed by atoms with E-state index in [0.717, 1.165) is 36.2 Å². The predicted octanol–water partition coefficient (Wildman–Crippen LogP) is 3.74. The molecule has 1 heterocycles. The Kier molecular flexibility index (Phi) is 4.28. The summed E-state index contributed by atoms with van der Waals surface area (Å²) in [6, 6.07) is 10.8. The summed E-state index contributed by atoms with van der Waals surface area (Å²) in [4.78, 5) is 14.5. The molecule has 3 nitrogen and oxygen atoms in total. The number of halogens is 2. The molecule has 1 N–H and O–H groups in total. The van der Waals surface area contributed by atoms with E-state index >= 15 is 0 Å². The van der Waals surface area contributed by atoms with Gasteiger partial charge in [0.05, 0.1) is 0 Å². The number of carbonyl (C=O) groups excluding carboxylic acids is 1. The van der Waals surface area contributed by atoms with Crippen molar-refractivity contribution in [2.45, 2.75) is 25.8 Å². The van der Waals surface area contributed by atoms with Crippen LogP contribution in [-0.2, 0) is 11.2 Å². The molecule has 1 unspecified atom stereocenters. The first kappa shape index (κ1) is 15.5. The quantitative estimate of drug-likeness (QED) is 0.935. The lowest BCUT2D eigenvalue weighted by atomic mass is 10.0. The maximum absolute atomic E-state index is 13.3. The maximum atomic E-state index is 13.3. The lowest BCUT2D eigenvalue weighted by molar-refractivity contribution is -0.119. The highest BCUT2D eigenvalue weighted by molar-refractivity contribution is 5.99. The molecule has 120 valence electrons. The Balaban J connectivity index is 1.76. The third kappa shape index (κ3) is 3.18. The van der Waals surface area contributed by atoms with Crippen LogP contribution in [0.5, 0.6) is 0 Å². The van der Waals surface area contributed by atoms with Crippen molar-refractivity contribution in [1.82, 2.24) is 0 Å². The second-order valence-electron chi connectivity index (χ2n) is 5.72. The summed E-state index contributed by atoms with van der Waals surface area (Å²) >= 11 is 0. The fourth-order valence-corrected chi connectivity index (χ4v) is 2.89. The Morgan fingerprint density at radius 1 is 1.17 bits per heavy atom. The number of anilines is 2. The van der Waals surface area contributed by atoms with Gasteiger partial charge < -0.3 is 10.2 Å². The molecule has 0 saturated heterocycles. The zero-order valence-corrected chi connectivity index (χ0v) is 12.9. The van der Waals surface area contributed by atoms with E-state index in [2.05, 4.69) is 5.32 Å². The van der Waals surface area contributed by atoms with Crippen LogP contribution in [0.15, 0.2) is 42.5 Å². The van der Waals surface area contributed by atoms with Gasteiger partial charge in [-0.15, -0.1) is 0 Å². The van der Waals surface area contributed by atoms with Gasteiger partial charge in [0.25, 0.3) is 0 Å². The topological polar surface area (TPSA) is 32.3 Å². The number of hydrogen-bond donors (Lipinski definition) is 1. The highest BCUT2D eigenvalue weighted by atomic mass is 19.2. The van der Waals surface area contributed by atoms with Crippen LogP contribution in [0.3, 0.4) is 0 Å². The second-order valence-corrected chi connectivity index (χ2v) is 5.72. The van der Waals surface area contributed by atoms with Crippen molar-refractivity contribution in [3.8, 4) is 0 Å². The van der Waals surface area contributed by atoms with Crippen molar-refractivity contribution in [3.05, 3.63) is 59.7 Å². The standard InChI is InChI=1S/C18H18F2N2O/c1-12(21-14-8-9-15(19)16(20)11-14)18(23)22-10-4-6-13-5-2-3-7-17(13)22/h2-3,5,7-9,11-12,21H,4,6,10H2,1H3. The molecule has 0 aromatic heterocycles. The summed E-state index contributed by atoms with van der Waals surface area (Å²) < 4.78 is 26.2. The monoisotopic (exact) mass is 316 g/mol. The molecule has 1 atom stereocenters. The molecule has 0 aliphatic carbocycles. The Morgan fingerprint density at radius 3 is 2.74 bits per heavy atom. The molecule has 3 rings (SSSR count). The normalized spacial score (nSPS) is 15.0. The molecule has 0 radical (unpaired) electrons. The number of carbonyl (C=O) groups is 1. The number of fused-ring (bicyclic) bond motifs is 1. The van der Waals surface area contributed by atoms with Crippen LogP contribution < -0.4 is 10.2 Å². The van der Waals surface area contributed by atoms with Gasteiger partial charge in [-0.3, -0.25) is 4.79 Å². The molecule has 2 aromatic rings. The first-order chi connectivity index (χ1) is 11.1. The van der Waals surface area contributed by atoms with E-state index < -0.39 is 17.7 Å². The zero-order chi connectivity index (χ0) is 16.4. The highest BCUT2D eigenvalue weighted by Crippen LogP contribution is 2.27. The molecular formula is C18H18F2N2O. The van der Waals surface area contributed by atoms with Crippen LogP contribution in [0.4, 0.5) is 20.2 Å². The summed E-state index contributed by atoms with van der Waals surface area (Å²) in [6.45, 7) is 2.39. The number of aryl methyl sites for hydroxylation is 1. The van der Waals surface area contributed by atoms with Crippen LogP contribution >= 0.6 is 0 Å². The Morgan fingerprint density at radius 2 is 1.96 bits per heavy atom. The predicted molar refractivity (Wildman–Crippen MR) is 86.6 cm³/mol. The summed E-state index contributed by atoms with van der Waals surface area (Å²) in [5.74, 6) is -1.92. The summed E-state index contributed by atoms with van der Waals surface area (Å²) in [5, 5.41) is 2.94. The van der Waals surface area contributed by atoms with Gasteiger partial charge in [0, 0.05) is 24.0 Å². The molecule has 2 aromatic carbocycles. The van der Waals surface area contributed by atoms with Crippen LogP contribution in [0, 0.1) is 11.6 Å². The van der Waals surface area contributed by atoms with Crippen molar-refractivity contribution >= 4 is 17.3 Å². The maximum Gasteiger partial charge on any atom is 0.249 e. The first-order valence-electron chi connectivity index (χ1n) is 7.67. The number of nitrogens with one attached hydrogen (secondary N) is 1. The molecule has 5 heteroatoms. The van der Waals surface area contributed by atoms with E-state index in [1.807, 2.05) is 24.3 Å². The minimum absolute atomic E-state index is 0.0816. The van der Waals surface area contributed by atoms with Crippen LogP contribution in [0.1, 0.15) is 18.9 Å². The van der Waals surface area contributed by atoms with Crippen molar-refractivity contribution in [3.63, 3.8) is 0 Å². The molecule has 0 saturated carbocycles. The van der Waals surface area contributed by atoms with Crippen molar-refractivity contribution in [2.75, 3.05) is 16.8 Å². The van der Waals surface area contributed by atoms with Crippen LogP contribution in [0.25, 0.3) is 0 Å². The summed E-state index contributed by atoms with van der Waals surface area (Å²) in [5.41, 5.74) is 2.48. The van der Waals surface area contributed by atoms with Gasteiger partial charge in [-0.25, -0.2) is 8.78 Å². The molecule has 1 amide bonds. The average Bonchev–Trinajstić information content (AvgIpc) is 2.57. The van der Waals surface area contributed by atoms with Gasteiger partial charge in [0.2, 0.25) is 5.91 Å². The Bertz CT molecular complexity index is 733. The zero-order valence-electron chi connectivity index (χ0n) is 12.9. The van der Waals surface area contributed by atoms with E-state index in [1.165, 1.54) is 6.07 Å². The summed E-state index contributed by atoms with van der Waals surface area (Å²) in [6.07, 6.45) is 1.88. The Labute approximate surface area is 133 Å². The highest BCUT2D eigenvalue weighted by Gasteiger charge is 2.26. The number of hydrogen-bond acceptors (Lipinski definition) is 2. The number of amides is 1. The van der Waals surface area contributed by atoms with E-state index in [1.54, 1.807) is 11.8 Å². The third-order valence-corrected chi connectivity index (χ3v) is 4.05. The average molecular weight is 316 g/mol. The largest absolute Gasteiger partial charge is 0.374 e. The van der Waals surface area contributed by atoms with Crippen LogP contribution in [-0.4, -0.2) is 18.5 Å². The van der Waals surface area contributed by atoms with Gasteiger partial charge in [-0.1, -0.05) is 18.2 Å². The van der Waals surface area contributed by atoms with E-state index in [4.69, 9.17) is 0 Å². The van der Waals surface area contributed by atoms with E-state index in [0.29, 0.717) is 12.2 Å². The minimum atomic E-state index is -0.932. The second kappa shape index (κ2) is 6.36. The van der Waals surface area contributed by atoms with Gasteiger partial charge in [-0.2, -0.15) is 0 Å². The number of nitrogens with zero attached hydrogens (tertiary/aromatic N) is 1. The van der Waals surface area contributed by atoms with Gasteiger partial charge in [0.1, 0.15) is 6.04 Å². The lowest BCUT2D eigenvalue weighted by Crippen LogP contribution is -2.44. The van der Waals surface area contributed by atoms with E-state index in [9.17, 15) is 13.6 Å². The number of benzene rings is 2. The van der Waals surface area contributed by atoms with E-state index in [-0.39, 0.29) is 5.91 Å². The van der Waals surface area contributed by atoms with Crippen molar-refractivity contribution in [1.29, 1.82) is 0 Å². The number of para-hydroxylation sites is 1. The fraction of sp³-hybridized carbons (Fsp3) is 0.278. The summed E-state index contributed by atoms with van der Waals surface area (Å²) in [7, 11) is 0. The molecular weight excluding hydrogens is 298 g/mol. The smallest absolute Gasteiger partial charge is 0.249 e. The minimum Gasteiger partial charge on any atom is -0.374 e. The molecule has 1 aliphatic rings. The Hall–Kier alpha value is -2.43. The third-order valence-electron chi connectivity index (χ3n) is 4.05. The first-order valence-corrected chi connectivity index (χ1v) is 7.67. The van der Waals surface area contributed by atoms with Crippen molar-refractivity contribution in [2.24, 2.45) is 0 Å². The van der Waals surface area contributed by atoms with Gasteiger partial charge in [0.15, 0.2) is 11.6 Å². The van der Waals surface area contributed by atoms with Gasteiger partial charge in [-0.05, 0) is 43.5 Å².